The van der Waals surface area contributed by atoms with Crippen LogP contribution in [-0.2, 0) is 4.74 Å². The van der Waals surface area contributed by atoms with E-state index in [4.69, 9.17) is 4.74 Å². The van der Waals surface area contributed by atoms with Crippen LogP contribution in [0.3, 0.4) is 0 Å². The second-order valence-corrected chi connectivity index (χ2v) is 4.95. The van der Waals surface area contributed by atoms with Gasteiger partial charge in [-0.1, -0.05) is 54.3 Å². The predicted molar refractivity (Wildman–Crippen MR) is 80.0 cm³/mol. The third kappa shape index (κ3) is 3.30. The van der Waals surface area contributed by atoms with Gasteiger partial charge in [0.2, 0.25) is 0 Å². The lowest BCUT2D eigenvalue weighted by Crippen LogP contribution is -2.24. The molecule has 0 saturated carbocycles. The van der Waals surface area contributed by atoms with Crippen LogP contribution in [0.4, 0.5) is 4.39 Å². The maximum absolute atomic E-state index is 13.5. The maximum Gasteiger partial charge on any atom is 0.138 e. The van der Waals surface area contributed by atoms with E-state index in [0.717, 1.165) is 0 Å². The van der Waals surface area contributed by atoms with E-state index < -0.39 is 0 Å². The van der Waals surface area contributed by atoms with E-state index in [1.807, 2.05) is 18.2 Å². The van der Waals surface area contributed by atoms with Crippen molar-refractivity contribution in [2.75, 3.05) is 19.9 Å². The van der Waals surface area contributed by atoms with Gasteiger partial charge in [0.25, 0.3) is 0 Å². The molecule has 2 aromatic carbocycles. The minimum absolute atomic E-state index is 0.223. The lowest BCUT2D eigenvalue weighted by molar-refractivity contribution is 0.147. The summed E-state index contributed by atoms with van der Waals surface area (Å²) in [5.41, 5.74) is 1.66. The van der Waals surface area contributed by atoms with Crippen LogP contribution in [-0.4, -0.2) is 24.8 Å². The number of halogens is 1. The Balaban J connectivity index is 1.69. The summed E-state index contributed by atoms with van der Waals surface area (Å²) >= 11 is 0. The first-order valence-corrected chi connectivity index (χ1v) is 6.95. The van der Waals surface area contributed by atoms with Crippen molar-refractivity contribution >= 4 is 0 Å². The molecule has 106 valence electrons. The first-order valence-electron chi connectivity index (χ1n) is 6.95. The molecule has 0 N–H and O–H groups in total. The molecule has 0 aliphatic carbocycles. The maximum atomic E-state index is 13.5. The Labute approximate surface area is 124 Å². The molecule has 1 saturated heterocycles. The van der Waals surface area contributed by atoms with Gasteiger partial charge in [-0.2, -0.15) is 0 Å². The quantitative estimate of drug-likeness (QED) is 0.784. The number of benzene rings is 2. The zero-order valence-corrected chi connectivity index (χ0v) is 11.6. The fraction of sp³-hybridized carbons (Fsp3) is 0.222. The summed E-state index contributed by atoms with van der Waals surface area (Å²) in [6.45, 7) is 1.80. The van der Waals surface area contributed by atoms with E-state index in [0.29, 0.717) is 25.4 Å². The topological polar surface area (TPSA) is 12.5 Å². The van der Waals surface area contributed by atoms with Gasteiger partial charge in [-0.15, -0.1) is 0 Å². The van der Waals surface area contributed by atoms with Gasteiger partial charge in [-0.3, -0.25) is 4.90 Å². The van der Waals surface area contributed by atoms with Crippen molar-refractivity contribution in [3.8, 4) is 11.8 Å². The molecule has 3 heteroatoms. The predicted octanol–water partition coefficient (Wildman–Crippen LogP) is 3.21. The third-order valence-corrected chi connectivity index (χ3v) is 3.54. The van der Waals surface area contributed by atoms with Crippen LogP contribution in [0.1, 0.15) is 17.2 Å². The van der Waals surface area contributed by atoms with Crippen LogP contribution < -0.4 is 0 Å². The van der Waals surface area contributed by atoms with Gasteiger partial charge in [0.1, 0.15) is 12.5 Å². The van der Waals surface area contributed by atoms with Crippen LogP contribution in [0.15, 0.2) is 54.6 Å². The fourth-order valence-corrected chi connectivity index (χ4v) is 2.41. The van der Waals surface area contributed by atoms with Crippen molar-refractivity contribution in [2.45, 2.75) is 6.04 Å². The first-order chi connectivity index (χ1) is 10.3. The molecule has 0 amide bonds. The number of hydrogen-bond acceptors (Lipinski definition) is 2. The van der Waals surface area contributed by atoms with E-state index in [1.54, 1.807) is 18.2 Å². The summed E-state index contributed by atoms with van der Waals surface area (Å²) in [6, 6.07) is 17.0. The van der Waals surface area contributed by atoms with Gasteiger partial charge < -0.3 is 4.74 Å². The summed E-state index contributed by atoms with van der Waals surface area (Å²) < 4.78 is 19.0. The average Bonchev–Trinajstić information content (AvgIpc) is 2.99. The highest BCUT2D eigenvalue weighted by atomic mass is 19.1. The highest BCUT2D eigenvalue weighted by Gasteiger charge is 2.25. The summed E-state index contributed by atoms with van der Waals surface area (Å²) in [4.78, 5) is 2.16. The zero-order chi connectivity index (χ0) is 14.5. The minimum atomic E-state index is -0.276. The van der Waals surface area contributed by atoms with Crippen molar-refractivity contribution in [1.82, 2.24) is 4.90 Å². The molecular weight excluding hydrogens is 265 g/mol. The number of nitrogens with zero attached hydrogens (tertiary/aromatic N) is 1. The molecule has 2 nitrogen and oxygen atoms in total. The summed E-state index contributed by atoms with van der Waals surface area (Å²) in [7, 11) is 0. The molecule has 2 aromatic rings. The SMILES string of the molecule is Fc1ccccc1C#CCN1COC[C@@H]1c1ccccc1. The van der Waals surface area contributed by atoms with Gasteiger partial charge in [0, 0.05) is 0 Å². The van der Waals surface area contributed by atoms with Crippen LogP contribution in [0, 0.1) is 17.7 Å². The largest absolute Gasteiger partial charge is 0.364 e. The summed E-state index contributed by atoms with van der Waals surface area (Å²) in [5, 5.41) is 0. The van der Waals surface area contributed by atoms with Crippen LogP contribution >= 0.6 is 0 Å². The van der Waals surface area contributed by atoms with E-state index in [-0.39, 0.29) is 11.9 Å². The fourth-order valence-electron chi connectivity index (χ4n) is 2.41. The smallest absolute Gasteiger partial charge is 0.138 e. The molecule has 0 bridgehead atoms. The molecule has 0 radical (unpaired) electrons. The highest BCUT2D eigenvalue weighted by Crippen LogP contribution is 2.25. The lowest BCUT2D eigenvalue weighted by Gasteiger charge is -2.19. The van der Waals surface area contributed by atoms with Crippen molar-refractivity contribution in [3.63, 3.8) is 0 Å². The molecule has 1 fully saturated rings. The highest BCUT2D eigenvalue weighted by molar-refractivity contribution is 5.35. The van der Waals surface area contributed by atoms with E-state index in [1.165, 1.54) is 11.6 Å². The Morgan fingerprint density at radius 3 is 2.67 bits per heavy atom. The molecule has 1 heterocycles. The molecule has 1 aliphatic heterocycles. The average molecular weight is 281 g/mol. The lowest BCUT2D eigenvalue weighted by atomic mass is 10.1. The van der Waals surface area contributed by atoms with Crippen LogP contribution in [0.5, 0.6) is 0 Å². The molecule has 0 spiro atoms. The van der Waals surface area contributed by atoms with Crippen molar-refractivity contribution in [1.29, 1.82) is 0 Å². The zero-order valence-electron chi connectivity index (χ0n) is 11.6. The Morgan fingerprint density at radius 1 is 1.10 bits per heavy atom. The van der Waals surface area contributed by atoms with Gasteiger partial charge in [0.15, 0.2) is 0 Å². The van der Waals surface area contributed by atoms with Crippen molar-refractivity contribution in [3.05, 3.63) is 71.5 Å². The minimum Gasteiger partial charge on any atom is -0.364 e. The Bertz CT molecular complexity index is 660. The Morgan fingerprint density at radius 2 is 1.86 bits per heavy atom. The van der Waals surface area contributed by atoms with Gasteiger partial charge in [0.05, 0.1) is 24.8 Å². The normalized spacial score (nSPS) is 18.2. The molecule has 1 atom stereocenters. The third-order valence-electron chi connectivity index (χ3n) is 3.54. The van der Waals surface area contributed by atoms with Gasteiger partial charge in [-0.25, -0.2) is 4.39 Å². The van der Waals surface area contributed by atoms with E-state index in [2.05, 4.69) is 28.9 Å². The van der Waals surface area contributed by atoms with E-state index in [9.17, 15) is 4.39 Å². The van der Waals surface area contributed by atoms with Crippen LogP contribution in [0.25, 0.3) is 0 Å². The standard InChI is InChI=1S/C18H16FNO/c19-17-11-5-4-7-15(17)10-6-12-20-14-21-13-18(20)16-8-2-1-3-9-16/h1-5,7-9,11,18H,12-14H2/t18-/m1/s1. The van der Waals surface area contributed by atoms with Gasteiger partial charge in [-0.05, 0) is 17.7 Å². The monoisotopic (exact) mass is 281 g/mol. The molecule has 0 unspecified atom stereocenters. The van der Waals surface area contributed by atoms with E-state index >= 15 is 0 Å². The number of rotatable bonds is 2. The number of hydrogen-bond donors (Lipinski definition) is 0. The molecule has 3 rings (SSSR count). The Hall–Kier alpha value is -2.15. The molecular formula is C18H16FNO. The second-order valence-electron chi connectivity index (χ2n) is 4.95. The Kier molecular flexibility index (Phi) is 4.30. The molecule has 21 heavy (non-hydrogen) atoms. The number of ether oxygens (including phenoxy) is 1. The molecule has 1 aliphatic rings. The second kappa shape index (κ2) is 6.53. The van der Waals surface area contributed by atoms with Crippen molar-refractivity contribution in [2.24, 2.45) is 0 Å². The first kappa shape index (κ1) is 13.8. The summed E-state index contributed by atoms with van der Waals surface area (Å²) in [5.74, 6) is 5.65. The summed E-state index contributed by atoms with van der Waals surface area (Å²) in [6.07, 6.45) is 0. The van der Waals surface area contributed by atoms with Crippen LogP contribution in [0.2, 0.25) is 0 Å². The van der Waals surface area contributed by atoms with Crippen molar-refractivity contribution < 1.29 is 9.13 Å². The van der Waals surface area contributed by atoms with Gasteiger partial charge >= 0.3 is 0 Å². The molecule has 0 aromatic heterocycles.